The van der Waals surface area contributed by atoms with Gasteiger partial charge in [-0.2, -0.15) is 0 Å². The van der Waals surface area contributed by atoms with Gasteiger partial charge in [0, 0.05) is 23.9 Å². The first-order valence-corrected chi connectivity index (χ1v) is 9.97. The molecule has 2 heterocycles. The van der Waals surface area contributed by atoms with Crippen molar-refractivity contribution in [1.82, 2.24) is 4.90 Å². The van der Waals surface area contributed by atoms with E-state index in [-0.39, 0.29) is 19.6 Å². The van der Waals surface area contributed by atoms with E-state index in [1.165, 1.54) is 11.0 Å². The van der Waals surface area contributed by atoms with Crippen LogP contribution < -0.4 is 10.4 Å². The van der Waals surface area contributed by atoms with Crippen molar-refractivity contribution in [3.8, 4) is 5.75 Å². The van der Waals surface area contributed by atoms with E-state index in [0.29, 0.717) is 11.3 Å². The molecule has 1 fully saturated rings. The monoisotopic (exact) mass is 419 g/mol. The summed E-state index contributed by atoms with van der Waals surface area (Å²) in [6.07, 6.45) is -1.11. The van der Waals surface area contributed by atoms with E-state index in [9.17, 15) is 14.7 Å². The Balaban J connectivity index is 1.62. The maximum Gasteiger partial charge on any atom is 0.412 e. The van der Waals surface area contributed by atoms with Gasteiger partial charge in [-0.25, -0.2) is 9.59 Å². The van der Waals surface area contributed by atoms with Crippen LogP contribution in [-0.4, -0.2) is 52.8 Å². The lowest BCUT2D eigenvalue weighted by Crippen LogP contribution is -2.53. The summed E-state index contributed by atoms with van der Waals surface area (Å²) in [5.74, 6) is 0.524. The van der Waals surface area contributed by atoms with Crippen LogP contribution >= 0.6 is 0 Å². The normalized spacial score (nSPS) is 19.7. The molecule has 30 heavy (non-hydrogen) atoms. The van der Waals surface area contributed by atoms with Crippen molar-refractivity contribution in [2.45, 2.75) is 64.5 Å². The number of carbonyl (C=O) groups is 1. The van der Waals surface area contributed by atoms with Crippen molar-refractivity contribution in [2.75, 3.05) is 13.2 Å². The van der Waals surface area contributed by atoms with Crippen molar-refractivity contribution in [3.63, 3.8) is 0 Å². The van der Waals surface area contributed by atoms with Gasteiger partial charge in [-0.05, 0) is 52.8 Å². The number of ether oxygens (including phenoxy) is 3. The minimum absolute atomic E-state index is 0.203. The number of fused-ring (bicyclic) bond motifs is 1. The van der Waals surface area contributed by atoms with Gasteiger partial charge >= 0.3 is 11.7 Å². The highest BCUT2D eigenvalue weighted by atomic mass is 16.6. The Morgan fingerprint density at radius 3 is 2.70 bits per heavy atom. The molecular formula is C22H29NO7. The molecule has 8 heteroatoms. The first-order chi connectivity index (χ1) is 14.0. The van der Waals surface area contributed by atoms with Crippen LogP contribution in [0.15, 0.2) is 39.5 Å². The number of hydrogen-bond donors (Lipinski definition) is 1. The van der Waals surface area contributed by atoms with Crippen LogP contribution in [-0.2, 0) is 9.47 Å². The zero-order chi connectivity index (χ0) is 22.1. The fourth-order valence-corrected chi connectivity index (χ4v) is 3.40. The Hall–Kier alpha value is -2.58. The van der Waals surface area contributed by atoms with Crippen molar-refractivity contribution < 1.29 is 28.5 Å². The average molecular weight is 419 g/mol. The van der Waals surface area contributed by atoms with Gasteiger partial charge in [0.15, 0.2) is 0 Å². The molecule has 164 valence electrons. The van der Waals surface area contributed by atoms with Crippen molar-refractivity contribution in [2.24, 2.45) is 0 Å². The number of aliphatic hydroxyl groups excluding tert-OH is 1. The van der Waals surface area contributed by atoms with Crippen LogP contribution in [0.5, 0.6) is 5.75 Å². The minimum atomic E-state index is -0.884. The van der Waals surface area contributed by atoms with Crippen LogP contribution in [0.3, 0.4) is 0 Å². The summed E-state index contributed by atoms with van der Waals surface area (Å²) in [5.41, 5.74) is -1.53. The van der Waals surface area contributed by atoms with E-state index in [2.05, 4.69) is 0 Å². The number of benzene rings is 1. The lowest BCUT2D eigenvalue weighted by atomic mass is 10.1. The summed E-state index contributed by atoms with van der Waals surface area (Å²) < 4.78 is 22.1. The second-order valence-electron chi connectivity index (χ2n) is 8.83. The first kappa shape index (κ1) is 22.1. The van der Waals surface area contributed by atoms with Gasteiger partial charge in [-0.15, -0.1) is 0 Å². The number of amides is 1. The molecule has 1 aromatic carbocycles. The van der Waals surface area contributed by atoms with Crippen LogP contribution in [0.4, 0.5) is 4.79 Å². The minimum Gasteiger partial charge on any atom is -0.493 e. The molecule has 0 radical (unpaired) electrons. The third-order valence-corrected chi connectivity index (χ3v) is 4.83. The second kappa shape index (κ2) is 8.28. The van der Waals surface area contributed by atoms with Crippen molar-refractivity contribution >= 4 is 17.1 Å². The summed E-state index contributed by atoms with van der Waals surface area (Å²) in [4.78, 5) is 25.5. The van der Waals surface area contributed by atoms with E-state index < -0.39 is 35.2 Å². The second-order valence-corrected chi connectivity index (χ2v) is 8.83. The van der Waals surface area contributed by atoms with Crippen LogP contribution in [0.2, 0.25) is 0 Å². The molecule has 3 rings (SSSR count). The summed E-state index contributed by atoms with van der Waals surface area (Å²) in [5, 5.41) is 11.5. The molecule has 0 unspecified atom stereocenters. The van der Waals surface area contributed by atoms with Gasteiger partial charge in [0.2, 0.25) is 0 Å². The highest BCUT2D eigenvalue weighted by Gasteiger charge is 2.48. The van der Waals surface area contributed by atoms with Gasteiger partial charge in [0.05, 0.1) is 25.4 Å². The number of nitrogens with zero attached hydrogens (tertiary/aromatic N) is 1. The molecular weight excluding hydrogens is 390 g/mol. The molecule has 0 spiro atoms. The standard InChI is InChI=1S/C22H29NO7/c1-21(2,3)30-20(26)23-16(13-28-22(23,4)5)17(24)10-11-27-15-8-6-14-7-9-19(25)29-18(14)12-15/h6-9,12,16-17,24H,10-11,13H2,1-5H3/t16-,17+/m0/s1. The summed E-state index contributed by atoms with van der Waals surface area (Å²) in [6, 6.07) is 7.69. The SMILES string of the molecule is CC(C)(C)OC(=O)N1[C@H]([C@H](O)CCOc2ccc3ccc(=O)oc3c2)COC1(C)C. The maximum absolute atomic E-state index is 12.7. The molecule has 1 aliphatic rings. The molecule has 1 amide bonds. The zero-order valence-corrected chi connectivity index (χ0v) is 18.0. The van der Waals surface area contributed by atoms with Crippen LogP contribution in [0, 0.1) is 0 Å². The molecule has 1 N–H and O–H groups in total. The van der Waals surface area contributed by atoms with E-state index in [0.717, 1.165) is 5.39 Å². The van der Waals surface area contributed by atoms with Crippen molar-refractivity contribution in [3.05, 3.63) is 40.8 Å². The Morgan fingerprint density at radius 2 is 2.00 bits per heavy atom. The maximum atomic E-state index is 12.7. The smallest absolute Gasteiger partial charge is 0.412 e. The first-order valence-electron chi connectivity index (χ1n) is 9.97. The molecule has 0 saturated carbocycles. The number of rotatable bonds is 5. The Labute approximate surface area is 175 Å². The molecule has 0 aliphatic carbocycles. The van der Waals surface area contributed by atoms with Gasteiger partial charge in [-0.1, -0.05) is 0 Å². The molecule has 8 nitrogen and oxygen atoms in total. The highest BCUT2D eigenvalue weighted by Crippen LogP contribution is 2.31. The topological polar surface area (TPSA) is 98.4 Å². The molecule has 1 saturated heterocycles. The van der Waals surface area contributed by atoms with Gasteiger partial charge < -0.3 is 23.7 Å². The Morgan fingerprint density at radius 1 is 1.30 bits per heavy atom. The van der Waals surface area contributed by atoms with Gasteiger partial charge in [-0.3, -0.25) is 4.90 Å². The van der Waals surface area contributed by atoms with E-state index >= 15 is 0 Å². The zero-order valence-electron chi connectivity index (χ0n) is 18.0. The van der Waals surface area contributed by atoms with Crippen molar-refractivity contribution in [1.29, 1.82) is 0 Å². The average Bonchev–Trinajstić information content (AvgIpc) is 2.95. The van der Waals surface area contributed by atoms with Gasteiger partial charge in [0.25, 0.3) is 0 Å². The number of hydrogen-bond acceptors (Lipinski definition) is 7. The van der Waals surface area contributed by atoms with E-state index in [1.54, 1.807) is 58.9 Å². The molecule has 2 aromatic rings. The van der Waals surface area contributed by atoms with Crippen LogP contribution in [0.25, 0.3) is 11.0 Å². The largest absolute Gasteiger partial charge is 0.493 e. The molecule has 0 bridgehead atoms. The summed E-state index contributed by atoms with van der Waals surface area (Å²) in [7, 11) is 0. The van der Waals surface area contributed by atoms with Crippen LogP contribution in [0.1, 0.15) is 41.0 Å². The molecule has 1 aliphatic heterocycles. The quantitative estimate of drug-likeness (QED) is 0.743. The Kier molecular flexibility index (Phi) is 6.10. The lowest BCUT2D eigenvalue weighted by molar-refractivity contribution is -0.0684. The fourth-order valence-electron chi connectivity index (χ4n) is 3.40. The number of aliphatic hydroxyl groups is 1. The third-order valence-electron chi connectivity index (χ3n) is 4.83. The number of carbonyl (C=O) groups excluding carboxylic acids is 1. The molecule has 2 atom stereocenters. The Bertz CT molecular complexity index is 960. The fraction of sp³-hybridized carbons (Fsp3) is 0.545. The van der Waals surface area contributed by atoms with Gasteiger partial charge in [0.1, 0.15) is 22.7 Å². The molecule has 1 aromatic heterocycles. The third kappa shape index (κ3) is 5.12. The van der Waals surface area contributed by atoms with E-state index in [4.69, 9.17) is 18.6 Å². The van der Waals surface area contributed by atoms with E-state index in [1.807, 2.05) is 0 Å². The lowest BCUT2D eigenvalue weighted by Gasteiger charge is -2.36. The predicted molar refractivity (Wildman–Crippen MR) is 110 cm³/mol. The predicted octanol–water partition coefficient (Wildman–Crippen LogP) is 3.29. The summed E-state index contributed by atoms with van der Waals surface area (Å²) in [6.45, 7) is 9.32. The highest BCUT2D eigenvalue weighted by molar-refractivity contribution is 5.77. The summed E-state index contributed by atoms with van der Waals surface area (Å²) >= 11 is 0.